The van der Waals surface area contributed by atoms with Crippen LogP contribution in [0.3, 0.4) is 0 Å². The molecule has 2 aromatic rings. The largest absolute Gasteiger partial charge is 0.490 e. The lowest BCUT2D eigenvalue weighted by Crippen LogP contribution is -1.97. The zero-order valence-electron chi connectivity index (χ0n) is 11.1. The molecule has 0 spiro atoms. The van der Waals surface area contributed by atoms with Gasteiger partial charge >= 0.3 is 0 Å². The minimum absolute atomic E-state index is 0.705. The predicted molar refractivity (Wildman–Crippen MR) is 82.8 cm³/mol. The fraction of sp³-hybridized carbons (Fsp3) is 0.267. The number of nitrogens with zero attached hydrogens (tertiary/aromatic N) is 1. The van der Waals surface area contributed by atoms with Crippen molar-refractivity contribution in [1.29, 1.82) is 0 Å². The molecule has 5 heteroatoms. The summed E-state index contributed by atoms with van der Waals surface area (Å²) in [5.74, 6) is 1.65. The van der Waals surface area contributed by atoms with Crippen LogP contribution in [0.1, 0.15) is 12.1 Å². The second kappa shape index (κ2) is 6.06. The van der Waals surface area contributed by atoms with Crippen molar-refractivity contribution in [3.05, 3.63) is 40.5 Å². The van der Waals surface area contributed by atoms with Gasteiger partial charge in [0, 0.05) is 15.8 Å². The lowest BCUT2D eigenvalue weighted by Gasteiger charge is -2.09. The molecular weight excluding hydrogens is 338 g/mol. The molecule has 0 amide bonds. The minimum Gasteiger partial charge on any atom is -0.490 e. The Morgan fingerprint density at radius 1 is 1.10 bits per heavy atom. The van der Waals surface area contributed by atoms with Gasteiger partial charge in [-0.15, -0.1) is 0 Å². The van der Waals surface area contributed by atoms with Crippen molar-refractivity contribution >= 4 is 27.7 Å². The summed E-state index contributed by atoms with van der Waals surface area (Å²) in [6.07, 6.45) is 0.921. The summed E-state index contributed by atoms with van der Waals surface area (Å²) < 4.78 is 12.4. The first-order valence-corrected chi connectivity index (χ1v) is 8.04. The predicted octanol–water partition coefficient (Wildman–Crippen LogP) is 4.47. The summed E-state index contributed by atoms with van der Waals surface area (Å²) in [7, 11) is 0. The standard InChI is InChI=1S/C15H14BrNO2S/c1-10-12(16)4-6-15(17-10)20-11-3-5-13-14(9-11)19-8-2-7-18-13/h3-6,9H,2,7-8H2,1H3. The molecule has 1 aromatic heterocycles. The quantitative estimate of drug-likeness (QED) is 0.798. The van der Waals surface area contributed by atoms with Gasteiger partial charge < -0.3 is 9.47 Å². The van der Waals surface area contributed by atoms with Crippen LogP contribution in [0.2, 0.25) is 0 Å². The summed E-state index contributed by atoms with van der Waals surface area (Å²) in [6, 6.07) is 10.1. The molecule has 0 unspecified atom stereocenters. The third-order valence-electron chi connectivity index (χ3n) is 2.94. The molecule has 3 rings (SSSR count). The monoisotopic (exact) mass is 351 g/mol. The van der Waals surface area contributed by atoms with E-state index >= 15 is 0 Å². The summed E-state index contributed by atoms with van der Waals surface area (Å²) in [5, 5.41) is 0.972. The van der Waals surface area contributed by atoms with E-state index in [2.05, 4.69) is 20.9 Å². The molecule has 0 bridgehead atoms. The number of halogens is 1. The van der Waals surface area contributed by atoms with Crippen molar-refractivity contribution in [3.8, 4) is 11.5 Å². The number of hydrogen-bond donors (Lipinski definition) is 0. The molecule has 0 radical (unpaired) electrons. The smallest absolute Gasteiger partial charge is 0.162 e. The normalized spacial score (nSPS) is 13.9. The molecule has 1 aliphatic heterocycles. The van der Waals surface area contributed by atoms with E-state index < -0.39 is 0 Å². The second-order valence-corrected chi connectivity index (χ2v) is 6.43. The van der Waals surface area contributed by atoms with Gasteiger partial charge in [0.05, 0.1) is 18.9 Å². The highest BCUT2D eigenvalue weighted by atomic mass is 79.9. The Morgan fingerprint density at radius 2 is 1.90 bits per heavy atom. The molecular formula is C15H14BrNO2S. The van der Waals surface area contributed by atoms with E-state index in [0.717, 1.165) is 38.0 Å². The van der Waals surface area contributed by atoms with Crippen LogP contribution in [-0.4, -0.2) is 18.2 Å². The number of fused-ring (bicyclic) bond motifs is 1. The fourth-order valence-electron chi connectivity index (χ4n) is 1.91. The molecule has 0 saturated heterocycles. The Bertz CT molecular complexity index is 633. The van der Waals surface area contributed by atoms with Gasteiger partial charge in [-0.05, 0) is 53.2 Å². The lowest BCUT2D eigenvalue weighted by atomic mass is 10.3. The number of ether oxygens (including phenoxy) is 2. The van der Waals surface area contributed by atoms with E-state index in [1.807, 2.05) is 37.3 Å². The maximum Gasteiger partial charge on any atom is 0.162 e. The number of aryl methyl sites for hydroxylation is 1. The van der Waals surface area contributed by atoms with Crippen LogP contribution in [-0.2, 0) is 0 Å². The molecule has 20 heavy (non-hydrogen) atoms. The Balaban J connectivity index is 1.83. The lowest BCUT2D eigenvalue weighted by molar-refractivity contribution is 0.297. The van der Waals surface area contributed by atoms with Crippen molar-refractivity contribution in [3.63, 3.8) is 0 Å². The van der Waals surface area contributed by atoms with Crippen LogP contribution in [0.15, 0.2) is 44.7 Å². The van der Waals surface area contributed by atoms with Crippen LogP contribution in [0.5, 0.6) is 11.5 Å². The zero-order valence-corrected chi connectivity index (χ0v) is 13.5. The van der Waals surface area contributed by atoms with Crippen molar-refractivity contribution in [2.45, 2.75) is 23.3 Å². The highest BCUT2D eigenvalue weighted by Gasteiger charge is 2.11. The molecule has 0 N–H and O–H groups in total. The summed E-state index contributed by atoms with van der Waals surface area (Å²) in [4.78, 5) is 5.64. The molecule has 1 aromatic carbocycles. The molecule has 1 aliphatic rings. The van der Waals surface area contributed by atoms with Crippen molar-refractivity contribution < 1.29 is 9.47 Å². The van der Waals surface area contributed by atoms with Gasteiger partial charge in [0.1, 0.15) is 5.03 Å². The van der Waals surface area contributed by atoms with Gasteiger partial charge in [0.15, 0.2) is 11.5 Å². The van der Waals surface area contributed by atoms with E-state index in [1.165, 1.54) is 0 Å². The van der Waals surface area contributed by atoms with Crippen molar-refractivity contribution in [2.75, 3.05) is 13.2 Å². The van der Waals surface area contributed by atoms with Crippen LogP contribution >= 0.6 is 27.7 Å². The molecule has 0 aliphatic carbocycles. The van der Waals surface area contributed by atoms with Gasteiger partial charge in [-0.2, -0.15) is 0 Å². The molecule has 0 fully saturated rings. The zero-order chi connectivity index (χ0) is 13.9. The van der Waals surface area contributed by atoms with Gasteiger partial charge in [-0.1, -0.05) is 11.8 Å². The highest BCUT2D eigenvalue weighted by molar-refractivity contribution is 9.10. The van der Waals surface area contributed by atoms with E-state index in [-0.39, 0.29) is 0 Å². The third kappa shape index (κ3) is 3.10. The molecule has 0 saturated carbocycles. The van der Waals surface area contributed by atoms with E-state index in [1.54, 1.807) is 11.8 Å². The SMILES string of the molecule is Cc1nc(Sc2ccc3c(c2)OCCCO3)ccc1Br. The third-order valence-corrected chi connectivity index (χ3v) is 4.70. The van der Waals surface area contributed by atoms with Crippen LogP contribution < -0.4 is 9.47 Å². The van der Waals surface area contributed by atoms with Crippen LogP contribution in [0, 0.1) is 6.92 Å². The summed E-state index contributed by atoms with van der Waals surface area (Å²) in [6.45, 7) is 3.41. The number of aromatic nitrogens is 1. The highest BCUT2D eigenvalue weighted by Crippen LogP contribution is 2.36. The Labute approximate surface area is 130 Å². The Kier molecular flexibility index (Phi) is 4.17. The number of pyridine rings is 1. The van der Waals surface area contributed by atoms with Crippen LogP contribution in [0.25, 0.3) is 0 Å². The van der Waals surface area contributed by atoms with Gasteiger partial charge in [0.25, 0.3) is 0 Å². The number of rotatable bonds is 2. The Hall–Kier alpha value is -1.20. The number of benzene rings is 1. The summed E-state index contributed by atoms with van der Waals surface area (Å²) in [5.41, 5.74) is 0.990. The summed E-state index contributed by atoms with van der Waals surface area (Å²) >= 11 is 5.09. The molecule has 104 valence electrons. The molecule has 2 heterocycles. The topological polar surface area (TPSA) is 31.4 Å². The molecule has 3 nitrogen and oxygen atoms in total. The minimum atomic E-state index is 0.705. The maximum absolute atomic E-state index is 5.70. The van der Waals surface area contributed by atoms with Gasteiger partial charge in [0.2, 0.25) is 0 Å². The first-order chi connectivity index (χ1) is 9.72. The first kappa shape index (κ1) is 13.8. The van der Waals surface area contributed by atoms with Crippen LogP contribution in [0.4, 0.5) is 0 Å². The Morgan fingerprint density at radius 3 is 2.70 bits per heavy atom. The number of hydrogen-bond acceptors (Lipinski definition) is 4. The van der Waals surface area contributed by atoms with E-state index in [9.17, 15) is 0 Å². The second-order valence-electron chi connectivity index (χ2n) is 4.48. The fourth-order valence-corrected chi connectivity index (χ4v) is 2.99. The molecule has 0 atom stereocenters. The maximum atomic E-state index is 5.70. The van der Waals surface area contributed by atoms with Crippen molar-refractivity contribution in [2.24, 2.45) is 0 Å². The average molecular weight is 352 g/mol. The van der Waals surface area contributed by atoms with E-state index in [4.69, 9.17) is 9.47 Å². The van der Waals surface area contributed by atoms with Gasteiger partial charge in [-0.25, -0.2) is 4.98 Å². The van der Waals surface area contributed by atoms with E-state index in [0.29, 0.717) is 13.2 Å². The first-order valence-electron chi connectivity index (χ1n) is 6.43. The van der Waals surface area contributed by atoms with Gasteiger partial charge in [-0.3, -0.25) is 0 Å². The van der Waals surface area contributed by atoms with Crippen molar-refractivity contribution in [1.82, 2.24) is 4.98 Å². The average Bonchev–Trinajstić information content (AvgIpc) is 2.68.